The number of ether oxygens (including phenoxy) is 3. The molecule has 1 aliphatic rings. The van der Waals surface area contributed by atoms with E-state index in [4.69, 9.17) is 19.2 Å². The topological polar surface area (TPSA) is 92.4 Å². The van der Waals surface area contributed by atoms with Crippen LogP contribution in [0.2, 0.25) is 0 Å². The first kappa shape index (κ1) is 24.0. The average molecular weight is 468 g/mol. The van der Waals surface area contributed by atoms with Crippen LogP contribution in [0.25, 0.3) is 11.2 Å². The van der Waals surface area contributed by atoms with E-state index in [0.717, 1.165) is 29.8 Å². The van der Waals surface area contributed by atoms with Crippen molar-refractivity contribution in [2.75, 3.05) is 26.1 Å². The summed E-state index contributed by atoms with van der Waals surface area (Å²) in [6.45, 7) is 9.14. The Morgan fingerprint density at radius 2 is 2.12 bits per heavy atom. The van der Waals surface area contributed by atoms with Crippen LogP contribution >= 0.6 is 0 Å². The second-order valence-corrected chi connectivity index (χ2v) is 8.62. The van der Waals surface area contributed by atoms with Gasteiger partial charge in [0.1, 0.15) is 11.3 Å². The van der Waals surface area contributed by atoms with Crippen molar-refractivity contribution in [3.63, 3.8) is 0 Å². The van der Waals surface area contributed by atoms with E-state index in [9.17, 15) is 4.79 Å². The number of hydrogen-bond donors (Lipinski definition) is 1. The number of imidazole rings is 1. The fraction of sp³-hybridized carbons (Fsp3) is 0.480. The Labute approximate surface area is 199 Å². The minimum absolute atomic E-state index is 0.0119. The third kappa shape index (κ3) is 4.10. The molecule has 0 saturated heterocycles. The summed E-state index contributed by atoms with van der Waals surface area (Å²) in [6.07, 6.45) is 5.71. The summed E-state index contributed by atoms with van der Waals surface area (Å²) in [4.78, 5) is 22.2. The van der Waals surface area contributed by atoms with Gasteiger partial charge in [0, 0.05) is 45.8 Å². The molecule has 0 saturated carbocycles. The van der Waals surface area contributed by atoms with Crippen molar-refractivity contribution in [3.05, 3.63) is 52.6 Å². The Balaban J connectivity index is 1.65. The van der Waals surface area contributed by atoms with Gasteiger partial charge >= 0.3 is 5.69 Å². The van der Waals surface area contributed by atoms with Gasteiger partial charge in [-0.1, -0.05) is 13.5 Å². The van der Waals surface area contributed by atoms with Gasteiger partial charge in [-0.05, 0) is 49.1 Å². The summed E-state index contributed by atoms with van der Waals surface area (Å²) >= 11 is 0. The largest absolute Gasteiger partial charge is 0.493 e. The quantitative estimate of drug-likeness (QED) is 0.359. The minimum Gasteiger partial charge on any atom is -0.493 e. The van der Waals surface area contributed by atoms with Crippen molar-refractivity contribution in [2.45, 2.75) is 45.4 Å². The molecule has 3 aromatic rings. The van der Waals surface area contributed by atoms with E-state index in [1.165, 1.54) is 5.56 Å². The minimum atomic E-state index is -0.903. The zero-order valence-corrected chi connectivity index (χ0v) is 20.6. The fourth-order valence-electron chi connectivity index (χ4n) is 4.75. The molecule has 0 amide bonds. The number of aryl methyl sites for hydroxylation is 3. The van der Waals surface area contributed by atoms with Crippen molar-refractivity contribution in [1.82, 2.24) is 19.1 Å². The molecule has 9 nitrogen and oxygen atoms in total. The molecule has 1 unspecified atom stereocenters. The van der Waals surface area contributed by atoms with Crippen molar-refractivity contribution >= 4 is 22.8 Å². The lowest BCUT2D eigenvalue weighted by atomic mass is 9.91. The van der Waals surface area contributed by atoms with Crippen molar-refractivity contribution < 1.29 is 14.2 Å². The molecule has 4 rings (SSSR count). The van der Waals surface area contributed by atoms with Crippen LogP contribution in [-0.4, -0.2) is 45.7 Å². The van der Waals surface area contributed by atoms with Crippen molar-refractivity contribution in [3.8, 4) is 5.75 Å². The van der Waals surface area contributed by atoms with E-state index in [0.29, 0.717) is 36.7 Å². The maximum absolute atomic E-state index is 13.0. The number of methoxy groups -OCH3 is 2. The number of nitrogens with one attached hydrogen (secondary N) is 1. The van der Waals surface area contributed by atoms with E-state index >= 15 is 0 Å². The van der Waals surface area contributed by atoms with Gasteiger partial charge < -0.3 is 19.5 Å². The Bertz CT molecular complexity index is 1260. The van der Waals surface area contributed by atoms with Crippen LogP contribution in [0.3, 0.4) is 0 Å². The maximum Gasteiger partial charge on any atom is 0.330 e. The maximum atomic E-state index is 13.0. The summed E-state index contributed by atoms with van der Waals surface area (Å²) < 4.78 is 20.2. The van der Waals surface area contributed by atoms with Crippen LogP contribution in [0, 0.1) is 12.8 Å². The molecule has 0 aliphatic carbocycles. The van der Waals surface area contributed by atoms with Gasteiger partial charge in [0.25, 0.3) is 0 Å². The molecule has 9 heteroatoms. The van der Waals surface area contributed by atoms with Crippen LogP contribution in [-0.2, 0) is 29.5 Å². The van der Waals surface area contributed by atoms with Crippen LogP contribution in [0.15, 0.2) is 35.8 Å². The van der Waals surface area contributed by atoms with Crippen molar-refractivity contribution in [2.24, 2.45) is 13.0 Å². The normalized spacial score (nSPS) is 14.1. The number of hydrogen-bond acceptors (Lipinski definition) is 7. The number of aromatic nitrogens is 4. The van der Waals surface area contributed by atoms with Gasteiger partial charge in [0.2, 0.25) is 5.95 Å². The predicted molar refractivity (Wildman–Crippen MR) is 132 cm³/mol. The first-order valence-electron chi connectivity index (χ1n) is 11.6. The molecule has 3 heterocycles. The van der Waals surface area contributed by atoms with E-state index in [1.807, 2.05) is 13.0 Å². The highest BCUT2D eigenvalue weighted by molar-refractivity contribution is 5.73. The summed E-state index contributed by atoms with van der Waals surface area (Å²) in [7, 11) is 4.95. The number of anilines is 2. The molecule has 1 aromatic carbocycles. The molecular formula is C25H33N5O4. The van der Waals surface area contributed by atoms with Crippen LogP contribution in [0.4, 0.5) is 11.6 Å². The third-order valence-corrected chi connectivity index (χ3v) is 6.85. The van der Waals surface area contributed by atoms with E-state index in [2.05, 4.69) is 29.9 Å². The summed E-state index contributed by atoms with van der Waals surface area (Å²) in [5, 5.41) is 3.32. The lowest BCUT2D eigenvalue weighted by Gasteiger charge is -2.35. The number of benzene rings is 1. The lowest BCUT2D eigenvalue weighted by Crippen LogP contribution is -2.40. The summed E-state index contributed by atoms with van der Waals surface area (Å²) in [5.74, 6) is 0.483. The lowest BCUT2D eigenvalue weighted by molar-refractivity contribution is -0.206. The van der Waals surface area contributed by atoms with Gasteiger partial charge in [-0.2, -0.15) is 4.98 Å². The molecule has 1 aliphatic heterocycles. The van der Waals surface area contributed by atoms with Crippen LogP contribution in [0.1, 0.15) is 30.9 Å². The Hall–Kier alpha value is -3.17. The molecule has 1 atom stereocenters. The molecule has 34 heavy (non-hydrogen) atoms. The van der Waals surface area contributed by atoms with Gasteiger partial charge in [0.15, 0.2) is 11.4 Å². The monoisotopic (exact) mass is 467 g/mol. The standard InChI is InChI=1S/C25H33N5O4/c1-7-18(25(8-2,32-5)33-6)9-11-30-22-20(29(4)24(30)31)15-26-23(28-22)27-19-14-17-10-12-34-21(17)13-16(19)3/h8,13-15,18H,2,7,9-12H2,1,3-6H3,(H,26,27,28). The van der Waals surface area contributed by atoms with E-state index in [1.54, 1.807) is 42.7 Å². The zero-order valence-electron chi connectivity index (χ0n) is 20.6. The Kier molecular flexibility index (Phi) is 6.77. The molecule has 0 fully saturated rings. The second kappa shape index (κ2) is 9.60. The first-order chi connectivity index (χ1) is 16.4. The molecule has 0 bridgehead atoms. The van der Waals surface area contributed by atoms with Gasteiger partial charge in [0.05, 0.1) is 12.8 Å². The predicted octanol–water partition coefficient (Wildman–Crippen LogP) is 3.71. The Morgan fingerprint density at radius 1 is 1.35 bits per heavy atom. The third-order valence-electron chi connectivity index (χ3n) is 6.85. The smallest absolute Gasteiger partial charge is 0.330 e. The average Bonchev–Trinajstić information content (AvgIpc) is 3.39. The SMILES string of the molecule is C=CC(OC)(OC)C(CC)CCn1c(=O)n(C)c2cnc(Nc3cc4c(cc3C)OCC4)nc21. The molecule has 2 aromatic heterocycles. The van der Waals surface area contributed by atoms with Crippen molar-refractivity contribution in [1.29, 1.82) is 0 Å². The van der Waals surface area contributed by atoms with Gasteiger partial charge in [-0.25, -0.2) is 9.78 Å². The number of rotatable bonds is 10. The first-order valence-corrected chi connectivity index (χ1v) is 11.6. The zero-order chi connectivity index (χ0) is 24.5. The molecular weight excluding hydrogens is 434 g/mol. The molecule has 182 valence electrons. The highest BCUT2D eigenvalue weighted by Gasteiger charge is 2.35. The van der Waals surface area contributed by atoms with E-state index in [-0.39, 0.29) is 11.6 Å². The van der Waals surface area contributed by atoms with Gasteiger partial charge in [-0.3, -0.25) is 9.13 Å². The summed E-state index contributed by atoms with van der Waals surface area (Å²) in [6, 6.07) is 4.11. The fourth-order valence-corrected chi connectivity index (χ4v) is 4.75. The summed E-state index contributed by atoms with van der Waals surface area (Å²) in [5.41, 5.74) is 4.26. The second-order valence-electron chi connectivity index (χ2n) is 8.62. The highest BCUT2D eigenvalue weighted by atomic mass is 16.7. The number of nitrogens with zero attached hydrogens (tertiary/aromatic N) is 4. The molecule has 1 N–H and O–H groups in total. The van der Waals surface area contributed by atoms with E-state index < -0.39 is 5.79 Å². The van der Waals surface area contributed by atoms with Gasteiger partial charge in [-0.15, -0.1) is 0 Å². The molecule has 0 spiro atoms. The highest BCUT2D eigenvalue weighted by Crippen LogP contribution is 2.33. The van der Waals surface area contributed by atoms with Crippen LogP contribution in [0.5, 0.6) is 5.75 Å². The Morgan fingerprint density at radius 3 is 2.79 bits per heavy atom. The number of fused-ring (bicyclic) bond motifs is 2. The van der Waals surface area contributed by atoms with Crippen LogP contribution < -0.4 is 15.7 Å². The molecule has 0 radical (unpaired) electrons.